The summed E-state index contributed by atoms with van der Waals surface area (Å²) in [4.78, 5) is 16.7. The first-order chi connectivity index (χ1) is 15.8. The molecule has 1 amide bonds. The molecule has 0 unspecified atom stereocenters. The van der Waals surface area contributed by atoms with Crippen molar-refractivity contribution in [3.63, 3.8) is 0 Å². The van der Waals surface area contributed by atoms with Gasteiger partial charge in [0.1, 0.15) is 11.7 Å². The van der Waals surface area contributed by atoms with Crippen molar-refractivity contribution in [2.45, 2.75) is 20.0 Å². The van der Waals surface area contributed by atoms with Gasteiger partial charge in [0, 0.05) is 15.6 Å². The molecule has 0 aromatic heterocycles. The van der Waals surface area contributed by atoms with Gasteiger partial charge in [-0.25, -0.2) is 0 Å². The van der Waals surface area contributed by atoms with Crippen molar-refractivity contribution in [1.82, 2.24) is 5.01 Å². The third kappa shape index (κ3) is 5.06. The van der Waals surface area contributed by atoms with Gasteiger partial charge in [-0.05, 0) is 76.7 Å². The number of aliphatic imine (C=N–C) groups is 1. The number of hydrazone groups is 1. The zero-order chi connectivity index (χ0) is 23.7. The van der Waals surface area contributed by atoms with Crippen LogP contribution in [0.1, 0.15) is 24.5 Å². The maximum atomic E-state index is 12.6. The van der Waals surface area contributed by atoms with Crippen molar-refractivity contribution >= 4 is 85.6 Å². The largest absolute Gasteiger partial charge is 0.493 e. The van der Waals surface area contributed by atoms with Gasteiger partial charge in [0.15, 0.2) is 17.3 Å². The van der Waals surface area contributed by atoms with Crippen molar-refractivity contribution in [1.29, 1.82) is 5.41 Å². The van der Waals surface area contributed by atoms with Crippen LogP contribution in [0.25, 0.3) is 6.08 Å². The molecule has 11 heteroatoms. The van der Waals surface area contributed by atoms with Crippen molar-refractivity contribution < 1.29 is 14.3 Å². The summed E-state index contributed by atoms with van der Waals surface area (Å²) < 4.78 is 12.3. The number of rotatable bonds is 6. The van der Waals surface area contributed by atoms with Gasteiger partial charge in [-0.15, -0.1) is 0 Å². The highest BCUT2D eigenvalue weighted by Gasteiger charge is 2.35. The SMILES string of the molecule is CCC1=NN2C(=N)/C(=C/c3cc(I)c(OCc4ccc(Cl)cc4Cl)c(OC)c3)C(=O)N=C2S1. The lowest BCUT2D eigenvalue weighted by atomic mass is 10.1. The van der Waals surface area contributed by atoms with E-state index in [-0.39, 0.29) is 18.0 Å². The lowest BCUT2D eigenvalue weighted by Crippen LogP contribution is -2.35. The number of methoxy groups -OCH3 is 1. The Morgan fingerprint density at radius 1 is 1.27 bits per heavy atom. The number of ether oxygens (including phenoxy) is 2. The van der Waals surface area contributed by atoms with Gasteiger partial charge in [-0.1, -0.05) is 36.2 Å². The molecule has 2 aliphatic rings. The van der Waals surface area contributed by atoms with Gasteiger partial charge < -0.3 is 9.47 Å². The Morgan fingerprint density at radius 2 is 2.06 bits per heavy atom. The number of amidine groups is 2. The Balaban J connectivity index is 1.61. The smallest absolute Gasteiger partial charge is 0.283 e. The molecule has 2 aromatic rings. The fraction of sp³-hybridized carbons (Fsp3) is 0.182. The highest BCUT2D eigenvalue weighted by Crippen LogP contribution is 2.36. The summed E-state index contributed by atoms with van der Waals surface area (Å²) in [6.07, 6.45) is 2.32. The fourth-order valence-electron chi connectivity index (χ4n) is 3.09. The van der Waals surface area contributed by atoms with Crippen LogP contribution in [-0.2, 0) is 11.4 Å². The number of carbonyl (C=O) groups excluding carboxylic acids is 1. The zero-order valence-corrected chi connectivity index (χ0v) is 22.0. The summed E-state index contributed by atoms with van der Waals surface area (Å²) >= 11 is 15.7. The third-order valence-electron chi connectivity index (χ3n) is 4.75. The molecule has 170 valence electrons. The Bertz CT molecular complexity index is 1260. The minimum absolute atomic E-state index is 0.00682. The van der Waals surface area contributed by atoms with Gasteiger partial charge in [0.2, 0.25) is 5.17 Å². The molecule has 0 fully saturated rings. The van der Waals surface area contributed by atoms with Gasteiger partial charge in [0.25, 0.3) is 5.91 Å². The third-order valence-corrected chi connectivity index (χ3v) is 7.19. The Kier molecular flexibility index (Phi) is 7.32. The topological polar surface area (TPSA) is 87.3 Å². The normalized spacial score (nSPS) is 16.6. The molecule has 0 spiro atoms. The quantitative estimate of drug-likeness (QED) is 0.309. The molecular weight excluding hydrogens is 598 g/mol. The van der Waals surface area contributed by atoms with E-state index in [1.165, 1.54) is 23.9 Å². The van der Waals surface area contributed by atoms with Crippen LogP contribution < -0.4 is 9.47 Å². The molecule has 0 saturated heterocycles. The molecule has 0 atom stereocenters. The van der Waals surface area contributed by atoms with Crippen molar-refractivity contribution in [2.24, 2.45) is 10.1 Å². The molecule has 1 N–H and O–H groups in total. The number of amides is 1. The number of benzene rings is 2. The van der Waals surface area contributed by atoms with E-state index in [1.807, 2.05) is 13.0 Å². The maximum Gasteiger partial charge on any atom is 0.283 e. The standard InChI is InChI=1S/C22H17Cl2IN4O3S/c1-3-18-28-29-20(26)14(21(30)27-22(29)33-18)6-11-7-16(25)19(17(8-11)31-2)32-10-12-4-5-13(23)9-15(12)24/h4-9,26H,3,10H2,1-2H3/b14-6-,26-20?. The van der Waals surface area contributed by atoms with E-state index in [0.717, 1.165) is 14.2 Å². The van der Waals surface area contributed by atoms with Crippen LogP contribution in [0.4, 0.5) is 0 Å². The fourth-order valence-corrected chi connectivity index (χ4v) is 5.16. The van der Waals surface area contributed by atoms with Gasteiger partial charge in [0.05, 0.1) is 16.3 Å². The van der Waals surface area contributed by atoms with Crippen molar-refractivity contribution in [3.8, 4) is 11.5 Å². The summed E-state index contributed by atoms with van der Waals surface area (Å²) in [5.41, 5.74) is 1.61. The second-order valence-electron chi connectivity index (χ2n) is 6.93. The van der Waals surface area contributed by atoms with E-state index in [0.29, 0.717) is 38.7 Å². The van der Waals surface area contributed by atoms with Crippen molar-refractivity contribution in [2.75, 3.05) is 7.11 Å². The molecular formula is C22H17Cl2IN4O3S. The molecule has 2 aromatic carbocycles. The summed E-state index contributed by atoms with van der Waals surface area (Å²) in [5, 5.41) is 16.5. The Labute approximate surface area is 218 Å². The van der Waals surface area contributed by atoms with Crippen LogP contribution in [0.5, 0.6) is 11.5 Å². The number of hydrogen-bond acceptors (Lipinski definition) is 6. The second-order valence-corrected chi connectivity index (χ2v) is 9.97. The highest BCUT2D eigenvalue weighted by atomic mass is 127. The van der Waals surface area contributed by atoms with E-state index in [1.54, 1.807) is 30.3 Å². The van der Waals surface area contributed by atoms with Crippen LogP contribution >= 0.6 is 57.6 Å². The number of nitrogens with one attached hydrogen (secondary N) is 1. The predicted octanol–water partition coefficient (Wildman–Crippen LogP) is 6.21. The van der Waals surface area contributed by atoms with Gasteiger partial charge >= 0.3 is 0 Å². The van der Waals surface area contributed by atoms with E-state index in [4.69, 9.17) is 38.1 Å². The van der Waals surface area contributed by atoms with E-state index in [9.17, 15) is 4.79 Å². The average molecular weight is 615 g/mol. The molecule has 0 aliphatic carbocycles. The van der Waals surface area contributed by atoms with Crippen LogP contribution in [-0.4, -0.2) is 34.1 Å². The Morgan fingerprint density at radius 3 is 2.76 bits per heavy atom. The van der Waals surface area contributed by atoms with Crippen molar-refractivity contribution in [3.05, 3.63) is 60.6 Å². The molecule has 0 saturated carbocycles. The summed E-state index contributed by atoms with van der Waals surface area (Å²) in [6.45, 7) is 2.19. The molecule has 7 nitrogen and oxygen atoms in total. The minimum Gasteiger partial charge on any atom is -0.493 e. The number of halogens is 3. The molecule has 2 heterocycles. The average Bonchev–Trinajstić information content (AvgIpc) is 3.20. The van der Waals surface area contributed by atoms with Gasteiger partial charge in [-0.3, -0.25) is 10.2 Å². The van der Waals surface area contributed by atoms with Crippen LogP contribution in [0.3, 0.4) is 0 Å². The number of hydrogen-bond donors (Lipinski definition) is 1. The summed E-state index contributed by atoms with van der Waals surface area (Å²) in [7, 11) is 1.54. The number of carbonyl (C=O) groups is 1. The molecule has 0 bridgehead atoms. The molecule has 33 heavy (non-hydrogen) atoms. The lowest BCUT2D eigenvalue weighted by molar-refractivity contribution is -0.114. The predicted molar refractivity (Wildman–Crippen MR) is 142 cm³/mol. The Hall–Kier alpha value is -2.08. The zero-order valence-electron chi connectivity index (χ0n) is 17.5. The first kappa shape index (κ1) is 24.1. The number of thioether (sulfide) groups is 1. The highest BCUT2D eigenvalue weighted by molar-refractivity contribution is 14.1. The molecule has 0 radical (unpaired) electrons. The van der Waals surface area contributed by atoms with E-state index >= 15 is 0 Å². The van der Waals surface area contributed by atoms with Crippen LogP contribution in [0.15, 0.2) is 46.0 Å². The lowest BCUT2D eigenvalue weighted by Gasteiger charge is -2.20. The minimum atomic E-state index is -0.474. The second kappa shape index (κ2) is 10.0. The first-order valence-electron chi connectivity index (χ1n) is 9.74. The maximum absolute atomic E-state index is 12.6. The van der Waals surface area contributed by atoms with Crippen LogP contribution in [0.2, 0.25) is 10.0 Å². The first-order valence-corrected chi connectivity index (χ1v) is 12.4. The molecule has 2 aliphatic heterocycles. The molecule has 4 rings (SSSR count). The monoisotopic (exact) mass is 614 g/mol. The summed E-state index contributed by atoms with van der Waals surface area (Å²) in [6, 6.07) is 8.80. The number of nitrogens with zero attached hydrogens (tertiary/aromatic N) is 3. The van der Waals surface area contributed by atoms with Gasteiger partial charge in [-0.2, -0.15) is 15.1 Å². The van der Waals surface area contributed by atoms with Crippen LogP contribution in [0, 0.1) is 8.98 Å². The summed E-state index contributed by atoms with van der Waals surface area (Å²) in [5.74, 6) is 0.552. The number of fused-ring (bicyclic) bond motifs is 1. The van der Waals surface area contributed by atoms with E-state index < -0.39 is 5.91 Å². The van der Waals surface area contributed by atoms with E-state index in [2.05, 4.69) is 32.7 Å².